The van der Waals surface area contributed by atoms with Gasteiger partial charge in [0.1, 0.15) is 5.82 Å². The van der Waals surface area contributed by atoms with Crippen LogP contribution in [0.5, 0.6) is 0 Å². The van der Waals surface area contributed by atoms with Crippen LogP contribution in [0.15, 0.2) is 72.9 Å². The van der Waals surface area contributed by atoms with Crippen LogP contribution < -0.4 is 4.90 Å². The maximum absolute atomic E-state index is 13.2. The second-order valence-corrected chi connectivity index (χ2v) is 7.87. The van der Waals surface area contributed by atoms with Crippen LogP contribution >= 0.6 is 0 Å². The minimum absolute atomic E-state index is 0.177. The molecule has 1 aliphatic rings. The SMILES string of the molecule is CC(C)(C(=O)N1CCN(c2ccnc(-c3ccccc3)n2)CC1)c1ccccc1. The van der Waals surface area contributed by atoms with Gasteiger partial charge in [0.15, 0.2) is 5.82 Å². The molecule has 148 valence electrons. The molecule has 0 aliphatic carbocycles. The zero-order valence-corrected chi connectivity index (χ0v) is 17.0. The Kier molecular flexibility index (Phi) is 5.30. The topological polar surface area (TPSA) is 49.3 Å². The quantitative estimate of drug-likeness (QED) is 0.685. The monoisotopic (exact) mass is 386 g/mol. The van der Waals surface area contributed by atoms with Gasteiger partial charge in [-0.1, -0.05) is 60.7 Å². The Hall–Kier alpha value is -3.21. The highest BCUT2D eigenvalue weighted by atomic mass is 16.2. The summed E-state index contributed by atoms with van der Waals surface area (Å²) in [6, 6.07) is 22.0. The average Bonchev–Trinajstić information content (AvgIpc) is 2.80. The number of rotatable bonds is 4. The van der Waals surface area contributed by atoms with Gasteiger partial charge >= 0.3 is 0 Å². The minimum Gasteiger partial charge on any atom is -0.353 e. The van der Waals surface area contributed by atoms with Crippen LogP contribution in [0.25, 0.3) is 11.4 Å². The van der Waals surface area contributed by atoms with Gasteiger partial charge in [0, 0.05) is 37.9 Å². The Morgan fingerprint density at radius 2 is 1.48 bits per heavy atom. The number of piperazine rings is 1. The lowest BCUT2D eigenvalue weighted by Gasteiger charge is -2.39. The zero-order valence-electron chi connectivity index (χ0n) is 17.0. The van der Waals surface area contributed by atoms with Gasteiger partial charge in [-0.15, -0.1) is 0 Å². The highest BCUT2D eigenvalue weighted by molar-refractivity contribution is 5.87. The molecule has 0 N–H and O–H groups in total. The number of carbonyl (C=O) groups is 1. The molecule has 0 saturated carbocycles. The lowest BCUT2D eigenvalue weighted by Crippen LogP contribution is -2.53. The van der Waals surface area contributed by atoms with Crippen LogP contribution in [-0.2, 0) is 10.2 Å². The van der Waals surface area contributed by atoms with Crippen molar-refractivity contribution in [1.29, 1.82) is 0 Å². The molecule has 0 bridgehead atoms. The van der Waals surface area contributed by atoms with E-state index in [2.05, 4.69) is 9.88 Å². The molecule has 29 heavy (non-hydrogen) atoms. The molecule has 5 heteroatoms. The Bertz CT molecular complexity index is 964. The Morgan fingerprint density at radius 3 is 2.14 bits per heavy atom. The number of hydrogen-bond donors (Lipinski definition) is 0. The molecule has 5 nitrogen and oxygen atoms in total. The van der Waals surface area contributed by atoms with E-state index in [1.54, 1.807) is 6.20 Å². The summed E-state index contributed by atoms with van der Waals surface area (Å²) in [6.07, 6.45) is 1.81. The van der Waals surface area contributed by atoms with E-state index >= 15 is 0 Å². The summed E-state index contributed by atoms with van der Waals surface area (Å²) in [5, 5.41) is 0. The predicted molar refractivity (Wildman–Crippen MR) is 116 cm³/mol. The van der Waals surface area contributed by atoms with E-state index in [4.69, 9.17) is 4.98 Å². The number of amides is 1. The Balaban J connectivity index is 1.44. The van der Waals surface area contributed by atoms with Crippen molar-refractivity contribution in [2.75, 3.05) is 31.1 Å². The molecule has 0 atom stereocenters. The molecule has 1 aliphatic heterocycles. The molecule has 1 fully saturated rings. The normalized spacial score (nSPS) is 14.7. The van der Waals surface area contributed by atoms with E-state index < -0.39 is 5.41 Å². The molecule has 0 spiro atoms. The van der Waals surface area contributed by atoms with E-state index in [0.717, 1.165) is 35.9 Å². The largest absolute Gasteiger partial charge is 0.353 e. The summed E-state index contributed by atoms with van der Waals surface area (Å²) in [6.45, 7) is 6.93. The van der Waals surface area contributed by atoms with Crippen LogP contribution in [-0.4, -0.2) is 47.0 Å². The van der Waals surface area contributed by atoms with Crippen molar-refractivity contribution in [3.8, 4) is 11.4 Å². The predicted octanol–water partition coefficient (Wildman–Crippen LogP) is 3.77. The molecule has 1 aromatic heterocycles. The van der Waals surface area contributed by atoms with E-state index in [9.17, 15) is 4.79 Å². The summed E-state index contributed by atoms with van der Waals surface area (Å²) >= 11 is 0. The maximum Gasteiger partial charge on any atom is 0.232 e. The molecule has 0 unspecified atom stereocenters. The smallest absolute Gasteiger partial charge is 0.232 e. The third-order valence-electron chi connectivity index (χ3n) is 5.59. The molecule has 2 aromatic carbocycles. The fourth-order valence-electron chi connectivity index (χ4n) is 3.76. The van der Waals surface area contributed by atoms with Crippen LogP contribution in [0.2, 0.25) is 0 Å². The fourth-order valence-corrected chi connectivity index (χ4v) is 3.76. The highest BCUT2D eigenvalue weighted by Crippen LogP contribution is 2.27. The lowest BCUT2D eigenvalue weighted by molar-refractivity contribution is -0.136. The second-order valence-electron chi connectivity index (χ2n) is 7.87. The van der Waals surface area contributed by atoms with Gasteiger partial charge in [0.05, 0.1) is 5.41 Å². The number of benzene rings is 2. The third-order valence-corrected chi connectivity index (χ3v) is 5.59. The molecule has 1 saturated heterocycles. The van der Waals surface area contributed by atoms with Crippen molar-refractivity contribution in [3.63, 3.8) is 0 Å². The Morgan fingerprint density at radius 1 is 0.862 bits per heavy atom. The Labute approximate surface area is 172 Å². The van der Waals surface area contributed by atoms with Crippen molar-refractivity contribution in [3.05, 3.63) is 78.5 Å². The van der Waals surface area contributed by atoms with Crippen molar-refractivity contribution < 1.29 is 4.79 Å². The van der Waals surface area contributed by atoms with Gasteiger partial charge in [-0.25, -0.2) is 9.97 Å². The van der Waals surface area contributed by atoms with Crippen molar-refractivity contribution in [2.45, 2.75) is 19.3 Å². The molecule has 1 amide bonds. The molecule has 4 rings (SSSR count). The fraction of sp³-hybridized carbons (Fsp3) is 0.292. The summed E-state index contributed by atoms with van der Waals surface area (Å²) in [7, 11) is 0. The summed E-state index contributed by atoms with van der Waals surface area (Å²) in [5.74, 6) is 1.82. The van der Waals surface area contributed by atoms with Crippen molar-refractivity contribution in [1.82, 2.24) is 14.9 Å². The third kappa shape index (κ3) is 3.99. The first kappa shape index (κ1) is 19.1. The first-order chi connectivity index (χ1) is 14.1. The van der Waals surface area contributed by atoms with Crippen LogP contribution in [0.3, 0.4) is 0 Å². The lowest BCUT2D eigenvalue weighted by atomic mass is 9.83. The van der Waals surface area contributed by atoms with E-state index in [1.165, 1.54) is 0 Å². The summed E-state index contributed by atoms with van der Waals surface area (Å²) in [5.41, 5.74) is 1.53. The van der Waals surface area contributed by atoms with Gasteiger partial charge in [-0.2, -0.15) is 0 Å². The maximum atomic E-state index is 13.2. The second kappa shape index (κ2) is 8.03. The minimum atomic E-state index is -0.529. The zero-order chi connectivity index (χ0) is 20.3. The molecule has 2 heterocycles. The highest BCUT2D eigenvalue weighted by Gasteiger charge is 2.35. The number of nitrogens with zero attached hydrogens (tertiary/aromatic N) is 4. The van der Waals surface area contributed by atoms with Crippen LogP contribution in [0.4, 0.5) is 5.82 Å². The van der Waals surface area contributed by atoms with Crippen molar-refractivity contribution >= 4 is 11.7 Å². The number of hydrogen-bond acceptors (Lipinski definition) is 4. The van der Waals surface area contributed by atoms with Crippen molar-refractivity contribution in [2.24, 2.45) is 0 Å². The summed E-state index contributed by atoms with van der Waals surface area (Å²) < 4.78 is 0. The van der Waals surface area contributed by atoms with E-state index in [-0.39, 0.29) is 5.91 Å². The van der Waals surface area contributed by atoms with E-state index in [1.807, 2.05) is 85.5 Å². The first-order valence-corrected chi connectivity index (χ1v) is 10.0. The molecule has 3 aromatic rings. The first-order valence-electron chi connectivity index (χ1n) is 10.0. The molecular formula is C24H26N4O. The molecule has 0 radical (unpaired) electrons. The van der Waals surface area contributed by atoms with Gasteiger partial charge < -0.3 is 9.80 Å². The van der Waals surface area contributed by atoms with E-state index in [0.29, 0.717) is 13.1 Å². The standard InChI is InChI=1S/C24H26N4O/c1-24(2,20-11-7-4-8-12-20)23(29)28-17-15-27(16-18-28)21-13-14-25-22(26-21)19-9-5-3-6-10-19/h3-14H,15-18H2,1-2H3. The van der Waals surface area contributed by atoms with Crippen LogP contribution in [0.1, 0.15) is 19.4 Å². The summed E-state index contributed by atoms with van der Waals surface area (Å²) in [4.78, 5) is 26.5. The van der Waals surface area contributed by atoms with Crippen LogP contribution in [0, 0.1) is 0 Å². The molecular weight excluding hydrogens is 360 g/mol. The van der Waals surface area contributed by atoms with Gasteiger partial charge in [0.25, 0.3) is 0 Å². The van der Waals surface area contributed by atoms with Gasteiger partial charge in [0.2, 0.25) is 5.91 Å². The number of carbonyl (C=O) groups excluding carboxylic acids is 1. The number of aromatic nitrogens is 2. The van der Waals surface area contributed by atoms with Gasteiger partial charge in [-0.3, -0.25) is 4.79 Å². The number of anilines is 1. The van der Waals surface area contributed by atoms with Gasteiger partial charge in [-0.05, 0) is 25.5 Å². The average molecular weight is 386 g/mol.